The minimum absolute atomic E-state index is 0.138. The van der Waals surface area contributed by atoms with Gasteiger partial charge in [-0.3, -0.25) is 9.59 Å². The molecule has 0 aromatic rings. The molecule has 4 unspecified atom stereocenters. The standard InChI is InChI=1S/C46H78O15/c1-3-5-7-9-11-13-15-16-17-18-19-21-23-25-27-29-38(49)59-34(31-56-37(48)28-26-24-22-20-14-12-10-8-6-4-2)32-57-45-44(55)42(53)40(51)36(61-45)33-58-46-43(54)41(52)39(50)35(30-47)60-46/h5,7,9,11,13,15-17,34-36,39-47,50-55H,3-4,6,8,10,12,14,18-33H2,1-2H3/b7-5+,11-9+,15-13+,17-16+/t34-,35-,36-,39+,40+,41?,42?,43?,44?,45-,46-/m1/s1. The summed E-state index contributed by atoms with van der Waals surface area (Å²) in [7, 11) is 0. The van der Waals surface area contributed by atoms with Crippen LogP contribution in [0.15, 0.2) is 48.6 Å². The van der Waals surface area contributed by atoms with E-state index in [1.165, 1.54) is 38.5 Å². The monoisotopic (exact) mass is 871 g/mol. The normalized spacial score (nSPS) is 27.8. The fraction of sp³-hybridized carbons (Fsp3) is 0.783. The van der Waals surface area contributed by atoms with Crippen molar-refractivity contribution >= 4 is 11.9 Å². The summed E-state index contributed by atoms with van der Waals surface area (Å²) in [4.78, 5) is 25.6. The van der Waals surface area contributed by atoms with Gasteiger partial charge >= 0.3 is 11.9 Å². The maximum atomic E-state index is 12.9. The molecule has 0 saturated carbocycles. The fourth-order valence-corrected chi connectivity index (χ4v) is 6.87. The van der Waals surface area contributed by atoms with Crippen LogP contribution >= 0.6 is 0 Å². The van der Waals surface area contributed by atoms with Crippen molar-refractivity contribution in [1.82, 2.24) is 0 Å². The van der Waals surface area contributed by atoms with Crippen LogP contribution in [-0.2, 0) is 38.0 Å². The molecule has 2 rings (SSSR count). The summed E-state index contributed by atoms with van der Waals surface area (Å²) in [6, 6.07) is 0. The number of rotatable bonds is 33. The van der Waals surface area contributed by atoms with Crippen LogP contribution in [0.25, 0.3) is 0 Å². The number of aliphatic hydroxyl groups excluding tert-OH is 7. The van der Waals surface area contributed by atoms with Gasteiger partial charge in [-0.15, -0.1) is 0 Å². The molecule has 0 amide bonds. The third-order valence-electron chi connectivity index (χ3n) is 10.7. The topological polar surface area (TPSA) is 231 Å². The van der Waals surface area contributed by atoms with E-state index >= 15 is 0 Å². The lowest BCUT2D eigenvalue weighted by atomic mass is 9.98. The number of aliphatic hydroxyl groups is 7. The van der Waals surface area contributed by atoms with Crippen LogP contribution < -0.4 is 0 Å². The minimum atomic E-state index is -1.77. The van der Waals surface area contributed by atoms with E-state index in [9.17, 15) is 45.3 Å². The molecule has 15 nitrogen and oxygen atoms in total. The quantitative estimate of drug-likeness (QED) is 0.0268. The van der Waals surface area contributed by atoms with E-state index in [4.69, 9.17) is 28.4 Å². The van der Waals surface area contributed by atoms with E-state index in [0.29, 0.717) is 12.8 Å². The highest BCUT2D eigenvalue weighted by atomic mass is 16.7. The summed E-state index contributed by atoms with van der Waals surface area (Å²) < 4.78 is 33.4. The molecule has 0 aromatic carbocycles. The van der Waals surface area contributed by atoms with Gasteiger partial charge in [0.2, 0.25) is 0 Å². The molecule has 0 radical (unpaired) electrons. The third kappa shape index (κ3) is 23.1. The number of carbonyl (C=O) groups excluding carboxylic acids is 2. The smallest absolute Gasteiger partial charge is 0.306 e. The number of ether oxygens (including phenoxy) is 6. The lowest BCUT2D eigenvalue weighted by Crippen LogP contribution is -2.61. The van der Waals surface area contributed by atoms with Crippen LogP contribution in [0.2, 0.25) is 0 Å². The van der Waals surface area contributed by atoms with Crippen molar-refractivity contribution in [3.05, 3.63) is 48.6 Å². The van der Waals surface area contributed by atoms with E-state index in [2.05, 4.69) is 26.0 Å². The van der Waals surface area contributed by atoms with Crippen molar-refractivity contribution in [3.63, 3.8) is 0 Å². The number of hydrogen-bond donors (Lipinski definition) is 7. The van der Waals surface area contributed by atoms with E-state index in [0.717, 1.165) is 57.8 Å². The van der Waals surface area contributed by atoms with Crippen molar-refractivity contribution in [2.75, 3.05) is 26.4 Å². The summed E-state index contributed by atoms with van der Waals surface area (Å²) >= 11 is 0. The van der Waals surface area contributed by atoms with Gasteiger partial charge < -0.3 is 64.2 Å². The van der Waals surface area contributed by atoms with Gasteiger partial charge in [0.1, 0.15) is 55.4 Å². The first-order valence-electron chi connectivity index (χ1n) is 22.8. The second kappa shape index (κ2) is 33.9. The number of carbonyl (C=O) groups is 2. The second-order valence-corrected chi connectivity index (χ2v) is 15.9. The molecule has 2 saturated heterocycles. The molecular weight excluding hydrogens is 792 g/mol. The molecule has 7 N–H and O–H groups in total. The lowest BCUT2D eigenvalue weighted by molar-refractivity contribution is -0.332. The van der Waals surface area contributed by atoms with Crippen LogP contribution in [0.1, 0.15) is 136 Å². The molecular formula is C46H78O15. The van der Waals surface area contributed by atoms with Gasteiger partial charge in [-0.05, 0) is 32.1 Å². The number of allylic oxidation sites excluding steroid dienone is 8. The second-order valence-electron chi connectivity index (χ2n) is 15.9. The van der Waals surface area contributed by atoms with E-state index < -0.39 is 99.3 Å². The Kier molecular flexibility index (Phi) is 30.4. The van der Waals surface area contributed by atoms with Gasteiger partial charge in [0.25, 0.3) is 0 Å². The summed E-state index contributed by atoms with van der Waals surface area (Å²) in [5.74, 6) is -0.958. The Hall–Kier alpha value is -2.54. The first kappa shape index (κ1) is 54.6. The molecule has 2 heterocycles. The SMILES string of the molecule is CC/C=C/C=C/C=C/C=C/CCCCCCCC(=O)O[C@H](COC(=O)CCCCCCCCCCCC)CO[C@@H]1O[C@H](CO[C@@H]2O[C@H](CO)[C@H](O)C(O)C2O)[C@H](O)C(O)C1O. The Morgan fingerprint density at radius 2 is 1.03 bits per heavy atom. The Morgan fingerprint density at radius 3 is 1.62 bits per heavy atom. The molecule has 0 aliphatic carbocycles. The first-order valence-corrected chi connectivity index (χ1v) is 22.8. The highest BCUT2D eigenvalue weighted by Crippen LogP contribution is 2.26. The molecule has 2 aliphatic heterocycles. The van der Waals surface area contributed by atoms with Crippen LogP contribution in [0.3, 0.4) is 0 Å². The zero-order chi connectivity index (χ0) is 44.7. The van der Waals surface area contributed by atoms with Crippen molar-refractivity contribution in [1.29, 1.82) is 0 Å². The Balaban J connectivity index is 1.87. The summed E-state index contributed by atoms with van der Waals surface area (Å²) in [5, 5.41) is 71.8. The van der Waals surface area contributed by atoms with Crippen molar-refractivity contribution in [2.24, 2.45) is 0 Å². The van der Waals surface area contributed by atoms with E-state index in [1.807, 2.05) is 36.5 Å². The van der Waals surface area contributed by atoms with Crippen LogP contribution in [0.5, 0.6) is 0 Å². The highest BCUT2D eigenvalue weighted by Gasteiger charge is 2.47. The maximum Gasteiger partial charge on any atom is 0.306 e. The zero-order valence-corrected chi connectivity index (χ0v) is 36.6. The van der Waals surface area contributed by atoms with Crippen LogP contribution in [0, 0.1) is 0 Å². The summed E-state index contributed by atoms with van der Waals surface area (Å²) in [5.41, 5.74) is 0. The highest BCUT2D eigenvalue weighted by molar-refractivity contribution is 5.70. The molecule has 0 spiro atoms. The molecule has 15 heteroatoms. The zero-order valence-electron chi connectivity index (χ0n) is 36.6. The summed E-state index contributed by atoms with van der Waals surface area (Å²) in [6.45, 7) is 2.38. The van der Waals surface area contributed by atoms with Gasteiger partial charge in [0.05, 0.1) is 19.8 Å². The van der Waals surface area contributed by atoms with E-state index in [-0.39, 0.29) is 19.4 Å². The van der Waals surface area contributed by atoms with Crippen molar-refractivity contribution in [2.45, 2.75) is 203 Å². The molecule has 0 aromatic heterocycles. The van der Waals surface area contributed by atoms with Gasteiger partial charge in [0.15, 0.2) is 18.7 Å². The number of hydrogen-bond acceptors (Lipinski definition) is 15. The van der Waals surface area contributed by atoms with Crippen molar-refractivity contribution < 1.29 is 73.8 Å². The van der Waals surface area contributed by atoms with Crippen molar-refractivity contribution in [3.8, 4) is 0 Å². The Bertz CT molecular complexity index is 1260. The molecule has 61 heavy (non-hydrogen) atoms. The summed E-state index contributed by atoms with van der Waals surface area (Å²) in [6.07, 6.45) is 17.3. The van der Waals surface area contributed by atoms with Crippen LogP contribution in [-0.4, -0.2) is 142 Å². The Labute approximate surface area is 363 Å². The van der Waals surface area contributed by atoms with Crippen LogP contribution in [0.4, 0.5) is 0 Å². The van der Waals surface area contributed by atoms with E-state index in [1.54, 1.807) is 0 Å². The van der Waals surface area contributed by atoms with Gasteiger partial charge in [0, 0.05) is 12.8 Å². The molecule has 352 valence electrons. The predicted molar refractivity (Wildman–Crippen MR) is 229 cm³/mol. The maximum absolute atomic E-state index is 12.9. The number of esters is 2. The molecule has 0 bridgehead atoms. The predicted octanol–water partition coefficient (Wildman–Crippen LogP) is 4.76. The van der Waals surface area contributed by atoms with Gasteiger partial charge in [-0.2, -0.15) is 0 Å². The fourth-order valence-electron chi connectivity index (χ4n) is 6.87. The molecule has 2 aliphatic rings. The molecule has 11 atom stereocenters. The lowest BCUT2D eigenvalue weighted by Gasteiger charge is -2.42. The van der Waals surface area contributed by atoms with Gasteiger partial charge in [-0.25, -0.2) is 0 Å². The Morgan fingerprint density at radius 1 is 0.541 bits per heavy atom. The number of unbranched alkanes of at least 4 members (excludes halogenated alkanes) is 14. The average molecular weight is 871 g/mol. The molecule has 2 fully saturated rings. The van der Waals surface area contributed by atoms with Gasteiger partial charge in [-0.1, -0.05) is 140 Å². The largest absolute Gasteiger partial charge is 0.462 e. The first-order chi connectivity index (χ1) is 29.5. The average Bonchev–Trinajstić information content (AvgIpc) is 3.25. The minimum Gasteiger partial charge on any atom is -0.462 e. The third-order valence-corrected chi connectivity index (χ3v) is 10.7.